The van der Waals surface area contributed by atoms with Crippen molar-refractivity contribution in [2.24, 2.45) is 0 Å². The van der Waals surface area contributed by atoms with Gasteiger partial charge >= 0.3 is 5.97 Å². The van der Waals surface area contributed by atoms with E-state index in [1.54, 1.807) is 0 Å². The number of anilines is 1. The second-order valence-electron chi connectivity index (χ2n) is 4.02. The molecule has 0 aliphatic rings. The number of hydrogen-bond donors (Lipinski definition) is 2. The third-order valence-corrected chi connectivity index (χ3v) is 2.32. The summed E-state index contributed by atoms with van der Waals surface area (Å²) in [5, 5.41) is 22.5. The molecule has 0 radical (unpaired) electrons. The molecule has 2 N–H and O–H groups in total. The molecule has 0 heterocycles. The highest BCUT2D eigenvalue weighted by atomic mass is 16.6. The van der Waals surface area contributed by atoms with Gasteiger partial charge in [-0.2, -0.15) is 0 Å². The molecule has 0 aromatic heterocycles. The van der Waals surface area contributed by atoms with Crippen LogP contribution < -0.4 is 5.32 Å². The molecule has 7 nitrogen and oxygen atoms in total. The minimum atomic E-state index is -1.11. The average Bonchev–Trinajstić information content (AvgIpc) is 2.27. The molecule has 0 spiro atoms. The van der Waals surface area contributed by atoms with Gasteiger partial charge in [-0.1, -0.05) is 0 Å². The van der Waals surface area contributed by atoms with Gasteiger partial charge in [-0.05, 0) is 20.2 Å². The summed E-state index contributed by atoms with van der Waals surface area (Å²) in [6, 6.07) is 3.65. The second kappa shape index (κ2) is 5.97. The number of nitrogens with zero attached hydrogens (tertiary/aromatic N) is 2. The molecule has 0 aliphatic carbocycles. The molecule has 0 amide bonds. The molecule has 0 atom stereocenters. The van der Waals surface area contributed by atoms with Gasteiger partial charge in [0.25, 0.3) is 5.69 Å². The molecule has 0 bridgehead atoms. The smallest absolute Gasteiger partial charge is 0.337 e. The zero-order chi connectivity index (χ0) is 13.7. The third kappa shape index (κ3) is 3.70. The highest BCUT2D eigenvalue weighted by molar-refractivity contribution is 5.94. The van der Waals surface area contributed by atoms with Crippen molar-refractivity contribution in [1.29, 1.82) is 0 Å². The van der Waals surface area contributed by atoms with E-state index in [2.05, 4.69) is 5.32 Å². The number of likely N-dealkylation sites (N-methyl/N-ethyl adjacent to an activating group) is 1. The lowest BCUT2D eigenvalue weighted by molar-refractivity contribution is -0.384. The Kier molecular flexibility index (Phi) is 4.61. The molecular weight excluding hydrogens is 238 g/mol. The number of nitrogens with one attached hydrogen (secondary N) is 1. The predicted molar refractivity (Wildman–Crippen MR) is 67.1 cm³/mol. The van der Waals surface area contributed by atoms with Gasteiger partial charge in [0, 0.05) is 25.2 Å². The van der Waals surface area contributed by atoms with Crippen LogP contribution >= 0.6 is 0 Å². The van der Waals surface area contributed by atoms with Crippen LogP contribution in [-0.4, -0.2) is 48.1 Å². The van der Waals surface area contributed by atoms with Crippen molar-refractivity contribution in [3.63, 3.8) is 0 Å². The van der Waals surface area contributed by atoms with Gasteiger partial charge in [-0.15, -0.1) is 0 Å². The number of aromatic carboxylic acids is 1. The lowest BCUT2D eigenvalue weighted by Gasteiger charge is -2.12. The van der Waals surface area contributed by atoms with Crippen LogP contribution in [0.3, 0.4) is 0 Å². The van der Waals surface area contributed by atoms with Crippen molar-refractivity contribution in [3.05, 3.63) is 33.9 Å². The molecule has 0 unspecified atom stereocenters. The molecule has 1 aromatic rings. The summed E-state index contributed by atoms with van der Waals surface area (Å²) in [5.41, 5.74) is 0.158. The van der Waals surface area contributed by atoms with Gasteiger partial charge in [0.1, 0.15) is 0 Å². The summed E-state index contributed by atoms with van der Waals surface area (Å²) in [7, 11) is 3.76. The van der Waals surface area contributed by atoms with Gasteiger partial charge in [-0.25, -0.2) is 4.79 Å². The van der Waals surface area contributed by atoms with Crippen LogP contribution in [0.1, 0.15) is 10.4 Å². The Hall–Kier alpha value is -2.15. The number of benzene rings is 1. The Morgan fingerprint density at radius 2 is 2.17 bits per heavy atom. The topological polar surface area (TPSA) is 95.7 Å². The number of hydrogen-bond acceptors (Lipinski definition) is 5. The molecule has 1 rings (SSSR count). The normalized spacial score (nSPS) is 10.4. The van der Waals surface area contributed by atoms with Crippen LogP contribution in [0.25, 0.3) is 0 Å². The van der Waals surface area contributed by atoms with Gasteiger partial charge < -0.3 is 15.3 Å². The molecule has 1 aromatic carbocycles. The number of nitro groups is 1. The molecule has 98 valence electrons. The predicted octanol–water partition coefficient (Wildman–Crippen LogP) is 1.27. The van der Waals surface area contributed by atoms with Crippen LogP contribution in [0, 0.1) is 10.1 Å². The summed E-state index contributed by atoms with van der Waals surface area (Å²) >= 11 is 0. The first-order valence-corrected chi connectivity index (χ1v) is 5.32. The zero-order valence-electron chi connectivity index (χ0n) is 10.2. The quantitative estimate of drug-likeness (QED) is 0.585. The Balaban J connectivity index is 2.93. The third-order valence-electron chi connectivity index (χ3n) is 2.32. The van der Waals surface area contributed by atoms with E-state index in [0.717, 1.165) is 0 Å². The molecular formula is C11H15N3O4. The van der Waals surface area contributed by atoms with Gasteiger partial charge in [-0.3, -0.25) is 10.1 Å². The van der Waals surface area contributed by atoms with E-state index in [0.29, 0.717) is 13.1 Å². The van der Waals surface area contributed by atoms with Crippen LogP contribution in [0.4, 0.5) is 11.4 Å². The first kappa shape index (κ1) is 13.9. The summed E-state index contributed by atoms with van der Waals surface area (Å²) in [5.74, 6) is -1.11. The minimum absolute atomic E-state index is 0.0272. The fourth-order valence-corrected chi connectivity index (χ4v) is 1.39. The van der Waals surface area contributed by atoms with Crippen molar-refractivity contribution in [2.75, 3.05) is 32.5 Å². The molecule has 0 saturated heterocycles. The van der Waals surface area contributed by atoms with Gasteiger partial charge in [0.15, 0.2) is 0 Å². The number of rotatable bonds is 6. The minimum Gasteiger partial charge on any atom is -0.478 e. The van der Waals surface area contributed by atoms with Gasteiger partial charge in [0.05, 0.1) is 16.2 Å². The van der Waals surface area contributed by atoms with E-state index in [1.807, 2.05) is 19.0 Å². The summed E-state index contributed by atoms with van der Waals surface area (Å²) in [6.07, 6.45) is 0. The summed E-state index contributed by atoms with van der Waals surface area (Å²) < 4.78 is 0. The van der Waals surface area contributed by atoms with E-state index in [9.17, 15) is 14.9 Å². The molecule has 0 fully saturated rings. The summed E-state index contributed by atoms with van der Waals surface area (Å²) in [4.78, 5) is 23.0. The Morgan fingerprint density at radius 1 is 1.50 bits per heavy atom. The lowest BCUT2D eigenvalue weighted by Crippen LogP contribution is -2.21. The maximum Gasteiger partial charge on any atom is 0.337 e. The van der Waals surface area contributed by atoms with Gasteiger partial charge in [0.2, 0.25) is 0 Å². The van der Waals surface area contributed by atoms with Crippen LogP contribution in [-0.2, 0) is 0 Å². The molecule has 7 heteroatoms. The molecule has 0 saturated carbocycles. The number of carboxylic acid groups (broad SMARTS) is 1. The van der Waals surface area contributed by atoms with Crippen LogP contribution in [0.15, 0.2) is 18.2 Å². The fraction of sp³-hybridized carbons (Fsp3) is 0.364. The number of non-ortho nitro benzene ring substituents is 1. The van der Waals surface area contributed by atoms with Crippen molar-refractivity contribution in [3.8, 4) is 0 Å². The number of nitro benzene ring substituents is 1. The van der Waals surface area contributed by atoms with E-state index >= 15 is 0 Å². The van der Waals surface area contributed by atoms with E-state index in [-0.39, 0.29) is 16.9 Å². The molecule has 0 aliphatic heterocycles. The first-order valence-electron chi connectivity index (χ1n) is 5.32. The van der Waals surface area contributed by atoms with E-state index in [1.165, 1.54) is 18.2 Å². The lowest BCUT2D eigenvalue weighted by atomic mass is 10.1. The van der Waals surface area contributed by atoms with Crippen molar-refractivity contribution in [1.82, 2.24) is 4.90 Å². The first-order chi connectivity index (χ1) is 8.41. The Morgan fingerprint density at radius 3 is 2.67 bits per heavy atom. The van der Waals surface area contributed by atoms with Crippen LogP contribution in [0.5, 0.6) is 0 Å². The maximum atomic E-state index is 11.0. The molecule has 18 heavy (non-hydrogen) atoms. The van der Waals surface area contributed by atoms with Crippen molar-refractivity contribution < 1.29 is 14.8 Å². The van der Waals surface area contributed by atoms with Crippen LogP contribution in [0.2, 0.25) is 0 Å². The van der Waals surface area contributed by atoms with E-state index < -0.39 is 10.9 Å². The SMILES string of the molecule is CN(C)CCNc1cc([N+](=O)[O-])ccc1C(=O)O. The van der Waals surface area contributed by atoms with E-state index in [4.69, 9.17) is 5.11 Å². The zero-order valence-corrected chi connectivity index (χ0v) is 10.2. The second-order valence-corrected chi connectivity index (χ2v) is 4.02. The Labute approximate surface area is 104 Å². The monoisotopic (exact) mass is 253 g/mol. The standard InChI is InChI=1S/C11H15N3O4/c1-13(2)6-5-12-10-7-8(14(17)18)3-4-9(10)11(15)16/h3-4,7,12H,5-6H2,1-2H3,(H,15,16). The number of carbonyl (C=O) groups is 1. The largest absolute Gasteiger partial charge is 0.478 e. The fourth-order valence-electron chi connectivity index (χ4n) is 1.39. The van der Waals surface area contributed by atoms with Crippen molar-refractivity contribution in [2.45, 2.75) is 0 Å². The average molecular weight is 253 g/mol. The highest BCUT2D eigenvalue weighted by Crippen LogP contribution is 2.22. The van der Waals surface area contributed by atoms with Crippen molar-refractivity contribution >= 4 is 17.3 Å². The number of carboxylic acids is 1. The highest BCUT2D eigenvalue weighted by Gasteiger charge is 2.14. The summed E-state index contributed by atoms with van der Waals surface area (Å²) in [6.45, 7) is 1.20. The maximum absolute atomic E-state index is 11.0. The Bertz CT molecular complexity index is 460.